The van der Waals surface area contributed by atoms with Crippen LogP contribution in [-0.2, 0) is 22.4 Å². The molecule has 0 saturated carbocycles. The first-order valence-corrected chi connectivity index (χ1v) is 10.2. The van der Waals surface area contributed by atoms with Gasteiger partial charge in [0.05, 0.1) is 4.88 Å². The molecule has 0 saturated heterocycles. The highest BCUT2D eigenvalue weighted by Crippen LogP contribution is 2.28. The molecule has 1 aliphatic rings. The third-order valence-electron chi connectivity index (χ3n) is 4.06. The Kier molecular flexibility index (Phi) is 7.65. The summed E-state index contributed by atoms with van der Waals surface area (Å²) in [4.78, 5) is 37.5. The molecule has 150 valence electrons. The molecule has 0 aliphatic heterocycles. The number of ether oxygens (including phenoxy) is 1. The van der Waals surface area contributed by atoms with Crippen molar-refractivity contribution in [3.63, 3.8) is 0 Å². The quantitative estimate of drug-likeness (QED) is 0.683. The van der Waals surface area contributed by atoms with Crippen LogP contribution in [0.1, 0.15) is 73.0 Å². The van der Waals surface area contributed by atoms with Crippen LogP contribution in [0.2, 0.25) is 0 Å². The number of nitrogens with one attached hydrogen (secondary N) is 3. The molecule has 0 bridgehead atoms. The Morgan fingerprint density at radius 2 is 1.78 bits per heavy atom. The van der Waals surface area contributed by atoms with Crippen molar-refractivity contribution in [1.82, 2.24) is 16.2 Å². The van der Waals surface area contributed by atoms with E-state index in [1.54, 1.807) is 20.8 Å². The van der Waals surface area contributed by atoms with E-state index in [0.29, 0.717) is 4.88 Å². The van der Waals surface area contributed by atoms with Crippen molar-refractivity contribution in [3.05, 3.63) is 21.4 Å². The Hall–Kier alpha value is -2.09. The van der Waals surface area contributed by atoms with E-state index in [1.165, 1.54) is 34.6 Å². The first-order valence-electron chi connectivity index (χ1n) is 9.42. The summed E-state index contributed by atoms with van der Waals surface area (Å²) in [6.45, 7) is 5.42. The highest BCUT2D eigenvalue weighted by molar-refractivity contribution is 7.14. The predicted octanol–water partition coefficient (Wildman–Crippen LogP) is 3.08. The fourth-order valence-electron chi connectivity index (χ4n) is 2.80. The van der Waals surface area contributed by atoms with E-state index in [2.05, 4.69) is 16.2 Å². The fourth-order valence-corrected chi connectivity index (χ4v) is 3.95. The topological polar surface area (TPSA) is 96.5 Å². The molecule has 27 heavy (non-hydrogen) atoms. The molecule has 0 radical (unpaired) electrons. The Bertz CT molecular complexity index is 653. The molecule has 1 aromatic heterocycles. The molecule has 0 spiro atoms. The Morgan fingerprint density at radius 1 is 1.07 bits per heavy atom. The summed E-state index contributed by atoms with van der Waals surface area (Å²) in [6.07, 6.45) is 6.31. The van der Waals surface area contributed by atoms with E-state index in [9.17, 15) is 14.4 Å². The van der Waals surface area contributed by atoms with Gasteiger partial charge in [0.15, 0.2) is 0 Å². The smallest absolute Gasteiger partial charge is 0.407 e. The summed E-state index contributed by atoms with van der Waals surface area (Å²) < 4.78 is 5.08. The van der Waals surface area contributed by atoms with Gasteiger partial charge < -0.3 is 10.1 Å². The number of carbonyl (C=O) groups is 3. The zero-order chi connectivity index (χ0) is 19.9. The number of fused-ring (bicyclic) bond motifs is 1. The van der Waals surface area contributed by atoms with Crippen LogP contribution < -0.4 is 16.2 Å². The lowest BCUT2D eigenvalue weighted by Crippen LogP contribution is -2.42. The summed E-state index contributed by atoms with van der Waals surface area (Å²) in [7, 11) is 0. The van der Waals surface area contributed by atoms with Gasteiger partial charge in [0.25, 0.3) is 5.91 Å². The minimum atomic E-state index is -0.585. The van der Waals surface area contributed by atoms with Crippen LogP contribution >= 0.6 is 11.3 Å². The second-order valence-corrected chi connectivity index (χ2v) is 8.79. The van der Waals surface area contributed by atoms with Crippen molar-refractivity contribution >= 4 is 29.2 Å². The third-order valence-corrected chi connectivity index (χ3v) is 5.29. The number of amides is 3. The number of hydrogen-bond donors (Lipinski definition) is 3. The monoisotopic (exact) mass is 395 g/mol. The average molecular weight is 396 g/mol. The van der Waals surface area contributed by atoms with E-state index in [-0.39, 0.29) is 24.8 Å². The Labute approximate surface area is 164 Å². The summed E-state index contributed by atoms with van der Waals surface area (Å²) in [5.74, 6) is -0.686. The van der Waals surface area contributed by atoms with Crippen LogP contribution in [0.3, 0.4) is 0 Å². The number of aryl methyl sites for hydroxylation is 2. The molecule has 7 nitrogen and oxygen atoms in total. The zero-order valence-electron chi connectivity index (χ0n) is 16.3. The zero-order valence-corrected chi connectivity index (χ0v) is 17.1. The van der Waals surface area contributed by atoms with Gasteiger partial charge in [0, 0.05) is 17.8 Å². The van der Waals surface area contributed by atoms with Gasteiger partial charge in [-0.3, -0.25) is 20.4 Å². The lowest BCUT2D eigenvalue weighted by atomic mass is 10.00. The van der Waals surface area contributed by atoms with Crippen LogP contribution in [0.25, 0.3) is 0 Å². The first kappa shape index (κ1) is 21.2. The number of carbonyl (C=O) groups excluding carboxylic acids is 3. The summed E-state index contributed by atoms with van der Waals surface area (Å²) >= 11 is 1.51. The van der Waals surface area contributed by atoms with Gasteiger partial charge in [0.2, 0.25) is 5.91 Å². The molecule has 0 unspecified atom stereocenters. The third kappa shape index (κ3) is 7.58. The van der Waals surface area contributed by atoms with Gasteiger partial charge >= 0.3 is 6.09 Å². The average Bonchev–Trinajstić information content (AvgIpc) is 2.93. The van der Waals surface area contributed by atoms with Crippen molar-refractivity contribution in [2.24, 2.45) is 0 Å². The lowest BCUT2D eigenvalue weighted by molar-refractivity contribution is -0.121. The van der Waals surface area contributed by atoms with Crippen molar-refractivity contribution in [2.45, 2.75) is 71.3 Å². The van der Waals surface area contributed by atoms with E-state index in [4.69, 9.17) is 4.74 Å². The first-order chi connectivity index (χ1) is 12.7. The maximum absolute atomic E-state index is 12.3. The number of hydrazine groups is 1. The van der Waals surface area contributed by atoms with Gasteiger partial charge in [-0.05, 0) is 58.1 Å². The fraction of sp³-hybridized carbons (Fsp3) is 0.632. The molecule has 3 amide bonds. The van der Waals surface area contributed by atoms with Crippen LogP contribution in [-0.4, -0.2) is 30.1 Å². The Balaban J connectivity index is 1.73. The Morgan fingerprint density at radius 3 is 2.48 bits per heavy atom. The molecule has 2 rings (SSSR count). The molecule has 0 fully saturated rings. The molecule has 1 heterocycles. The standard InChI is InChI=1S/C19H29N3O4S/c1-19(2,3)26-18(25)20-11-10-16(23)21-22-17(24)15-12-13-8-6-4-5-7-9-14(13)27-15/h12H,4-11H2,1-3H3,(H,20,25)(H,21,23)(H,22,24). The molecule has 8 heteroatoms. The van der Waals surface area contributed by atoms with Gasteiger partial charge in [0.1, 0.15) is 5.60 Å². The van der Waals surface area contributed by atoms with Crippen molar-refractivity contribution in [1.29, 1.82) is 0 Å². The van der Waals surface area contributed by atoms with Crippen molar-refractivity contribution in [3.8, 4) is 0 Å². The molecule has 1 aromatic rings. The number of hydrogen-bond acceptors (Lipinski definition) is 5. The highest BCUT2D eigenvalue weighted by atomic mass is 32.1. The van der Waals surface area contributed by atoms with Crippen molar-refractivity contribution < 1.29 is 19.1 Å². The lowest BCUT2D eigenvalue weighted by Gasteiger charge is -2.19. The van der Waals surface area contributed by atoms with Crippen LogP contribution in [0.15, 0.2) is 6.07 Å². The summed E-state index contributed by atoms with van der Waals surface area (Å²) in [5.41, 5.74) is 5.50. The van der Waals surface area contributed by atoms with Crippen LogP contribution in [0, 0.1) is 0 Å². The van der Waals surface area contributed by atoms with Crippen LogP contribution in [0.5, 0.6) is 0 Å². The molecular weight excluding hydrogens is 366 g/mol. The van der Waals surface area contributed by atoms with Gasteiger partial charge in [-0.25, -0.2) is 4.79 Å². The molecule has 1 aliphatic carbocycles. The maximum atomic E-state index is 12.3. The second kappa shape index (κ2) is 9.73. The largest absolute Gasteiger partial charge is 0.444 e. The number of alkyl carbamates (subject to hydrolysis) is 1. The maximum Gasteiger partial charge on any atom is 0.407 e. The van der Waals surface area contributed by atoms with E-state index >= 15 is 0 Å². The second-order valence-electron chi connectivity index (χ2n) is 7.65. The van der Waals surface area contributed by atoms with Gasteiger partial charge in [-0.15, -0.1) is 11.3 Å². The van der Waals surface area contributed by atoms with Crippen LogP contribution in [0.4, 0.5) is 4.79 Å². The minimum absolute atomic E-state index is 0.0421. The summed E-state index contributed by atoms with van der Waals surface area (Å²) in [6, 6.07) is 1.94. The SMILES string of the molecule is CC(C)(C)OC(=O)NCCC(=O)NNC(=O)c1cc2c(s1)CCCCCC2. The number of rotatable bonds is 4. The normalized spacial score (nSPS) is 14.3. The molecular formula is C19H29N3O4S. The predicted molar refractivity (Wildman–Crippen MR) is 105 cm³/mol. The van der Waals surface area contributed by atoms with E-state index < -0.39 is 11.7 Å². The molecule has 0 atom stereocenters. The van der Waals surface area contributed by atoms with E-state index in [1.807, 2.05) is 6.07 Å². The number of thiophene rings is 1. The van der Waals surface area contributed by atoms with Crippen molar-refractivity contribution in [2.75, 3.05) is 6.54 Å². The van der Waals surface area contributed by atoms with Gasteiger partial charge in [-0.2, -0.15) is 0 Å². The van der Waals surface area contributed by atoms with Gasteiger partial charge in [-0.1, -0.05) is 12.8 Å². The molecule has 3 N–H and O–H groups in total. The van der Waals surface area contributed by atoms with E-state index in [0.717, 1.165) is 25.7 Å². The minimum Gasteiger partial charge on any atom is -0.444 e. The highest BCUT2D eigenvalue weighted by Gasteiger charge is 2.17. The summed E-state index contributed by atoms with van der Waals surface area (Å²) in [5, 5.41) is 2.50. The molecule has 0 aromatic carbocycles.